The van der Waals surface area contributed by atoms with Gasteiger partial charge in [0.05, 0.1) is 13.2 Å². The molecule has 1 spiro atoms. The van der Waals surface area contributed by atoms with Crippen molar-refractivity contribution in [3.63, 3.8) is 0 Å². The van der Waals surface area contributed by atoms with Crippen LogP contribution < -0.4 is 0 Å². The molecule has 0 amide bonds. The van der Waals surface area contributed by atoms with E-state index in [1.165, 1.54) is 19.3 Å². The van der Waals surface area contributed by atoms with Crippen LogP contribution in [0.2, 0.25) is 0 Å². The molecule has 1 aliphatic heterocycles. The van der Waals surface area contributed by atoms with Gasteiger partial charge in [-0.15, -0.1) is 6.42 Å². The highest BCUT2D eigenvalue weighted by molar-refractivity contribution is 5.45. The molecule has 26 heavy (non-hydrogen) atoms. The van der Waals surface area contributed by atoms with Crippen molar-refractivity contribution < 1.29 is 14.2 Å². The van der Waals surface area contributed by atoms with Crippen molar-refractivity contribution in [1.82, 2.24) is 0 Å². The Morgan fingerprint density at radius 2 is 2.00 bits per heavy atom. The lowest BCUT2D eigenvalue weighted by Gasteiger charge is -2.50. The molecule has 2 fully saturated rings. The van der Waals surface area contributed by atoms with E-state index in [0.29, 0.717) is 11.8 Å². The summed E-state index contributed by atoms with van der Waals surface area (Å²) in [5, 5.41) is 0. The number of ether oxygens (including phenoxy) is 3. The van der Waals surface area contributed by atoms with Gasteiger partial charge in [-0.3, -0.25) is 0 Å². The molecule has 1 heterocycles. The number of hydrogen-bond acceptors (Lipinski definition) is 3. The van der Waals surface area contributed by atoms with Gasteiger partial charge in [0.15, 0.2) is 5.79 Å². The number of terminal acetylenes is 1. The Morgan fingerprint density at radius 3 is 2.73 bits per heavy atom. The molecule has 5 aliphatic rings. The molecule has 0 aromatic carbocycles. The summed E-state index contributed by atoms with van der Waals surface area (Å²) in [6.07, 6.45) is 17.2. The van der Waals surface area contributed by atoms with Gasteiger partial charge in [-0.05, 0) is 61.5 Å². The van der Waals surface area contributed by atoms with Gasteiger partial charge in [0, 0.05) is 25.4 Å². The number of fused-ring (bicyclic) bond motifs is 4. The molecule has 1 saturated carbocycles. The molecule has 0 N–H and O–H groups in total. The molecule has 0 radical (unpaired) electrons. The second kappa shape index (κ2) is 5.71. The minimum atomic E-state index is -0.392. The first-order valence-electron chi connectivity index (χ1n) is 10.3. The first-order chi connectivity index (χ1) is 12.6. The fraction of sp³-hybridized carbons (Fsp3) is 0.739. The van der Waals surface area contributed by atoms with E-state index in [9.17, 15) is 0 Å². The quantitative estimate of drug-likeness (QED) is 0.654. The van der Waals surface area contributed by atoms with Crippen LogP contribution in [0, 0.1) is 29.6 Å². The molecule has 1 saturated heterocycles. The number of allylic oxidation sites excluding steroid dienone is 3. The molecular formula is C23H30O3. The van der Waals surface area contributed by atoms with Gasteiger partial charge >= 0.3 is 0 Å². The maximum Gasteiger partial charge on any atom is 0.172 e. The van der Waals surface area contributed by atoms with E-state index in [4.69, 9.17) is 20.6 Å². The largest absolute Gasteiger partial charge is 0.365 e. The van der Waals surface area contributed by atoms with Gasteiger partial charge in [0.25, 0.3) is 0 Å². The predicted octanol–water partition coefficient (Wildman–Crippen LogP) is 4.38. The standard InChI is InChI=1S/C23H30O3/c1-4-22(24-3)11-9-20-19-6-5-16-15-23(25-13-14-26-23)12-8-17(16)18(19)7-10-21(20,22)2/h1,7,19-20H,5-6,8-15H2,2-3H3/t19-,20+,21?,22+/m1/s1. The van der Waals surface area contributed by atoms with Crippen LogP contribution in [0.15, 0.2) is 22.8 Å². The monoisotopic (exact) mass is 354 g/mol. The third kappa shape index (κ3) is 2.07. The van der Waals surface area contributed by atoms with Crippen LogP contribution in [-0.2, 0) is 14.2 Å². The van der Waals surface area contributed by atoms with E-state index < -0.39 is 5.60 Å². The molecule has 1 unspecified atom stereocenters. The lowest BCUT2D eigenvalue weighted by atomic mass is 9.56. The molecular weight excluding hydrogens is 324 g/mol. The van der Waals surface area contributed by atoms with Crippen molar-refractivity contribution >= 4 is 0 Å². The summed E-state index contributed by atoms with van der Waals surface area (Å²) in [5.74, 6) is 4.04. The van der Waals surface area contributed by atoms with Crippen LogP contribution in [0.1, 0.15) is 58.3 Å². The van der Waals surface area contributed by atoms with Crippen molar-refractivity contribution in [2.24, 2.45) is 17.3 Å². The highest BCUT2D eigenvalue weighted by atomic mass is 16.7. The van der Waals surface area contributed by atoms with Crippen LogP contribution in [0.5, 0.6) is 0 Å². The molecule has 5 rings (SSSR count). The normalized spacial score (nSPS) is 43.5. The Hall–Kier alpha value is -1.08. The van der Waals surface area contributed by atoms with E-state index in [-0.39, 0.29) is 11.2 Å². The Labute approximate surface area is 157 Å². The van der Waals surface area contributed by atoms with E-state index in [0.717, 1.165) is 45.3 Å². The fourth-order valence-corrected chi connectivity index (χ4v) is 6.92. The first kappa shape index (κ1) is 17.0. The van der Waals surface area contributed by atoms with Gasteiger partial charge in [0.2, 0.25) is 0 Å². The van der Waals surface area contributed by atoms with E-state index in [1.54, 1.807) is 23.8 Å². The van der Waals surface area contributed by atoms with Crippen LogP contribution >= 0.6 is 0 Å². The van der Waals surface area contributed by atoms with Crippen molar-refractivity contribution in [2.75, 3.05) is 20.3 Å². The van der Waals surface area contributed by atoms with Crippen LogP contribution in [-0.4, -0.2) is 31.7 Å². The molecule has 140 valence electrons. The minimum Gasteiger partial charge on any atom is -0.365 e. The van der Waals surface area contributed by atoms with E-state index >= 15 is 0 Å². The van der Waals surface area contributed by atoms with Gasteiger partial charge in [0.1, 0.15) is 5.60 Å². The van der Waals surface area contributed by atoms with Crippen molar-refractivity contribution in [1.29, 1.82) is 0 Å². The fourth-order valence-electron chi connectivity index (χ4n) is 6.92. The summed E-state index contributed by atoms with van der Waals surface area (Å²) in [7, 11) is 1.80. The molecule has 0 aromatic heterocycles. The Bertz CT molecular complexity index is 720. The van der Waals surface area contributed by atoms with Crippen LogP contribution in [0.25, 0.3) is 0 Å². The second-order valence-electron chi connectivity index (χ2n) is 9.11. The third-order valence-corrected chi connectivity index (χ3v) is 8.35. The van der Waals surface area contributed by atoms with Gasteiger partial charge < -0.3 is 14.2 Å². The highest BCUT2D eigenvalue weighted by Gasteiger charge is 2.61. The highest BCUT2D eigenvalue weighted by Crippen LogP contribution is 2.63. The summed E-state index contributed by atoms with van der Waals surface area (Å²) >= 11 is 0. The van der Waals surface area contributed by atoms with Crippen molar-refractivity contribution in [2.45, 2.75) is 69.7 Å². The third-order valence-electron chi connectivity index (χ3n) is 8.35. The van der Waals surface area contributed by atoms with E-state index in [1.807, 2.05) is 0 Å². The number of rotatable bonds is 1. The zero-order chi connectivity index (χ0) is 18.0. The lowest BCUT2D eigenvalue weighted by molar-refractivity contribution is -0.164. The zero-order valence-electron chi connectivity index (χ0n) is 16.1. The second-order valence-corrected chi connectivity index (χ2v) is 9.11. The molecule has 4 aliphatic carbocycles. The van der Waals surface area contributed by atoms with Crippen molar-refractivity contribution in [3.8, 4) is 12.3 Å². The molecule has 0 aromatic rings. The van der Waals surface area contributed by atoms with Crippen LogP contribution in [0.3, 0.4) is 0 Å². The van der Waals surface area contributed by atoms with E-state index in [2.05, 4.69) is 18.9 Å². The summed E-state index contributed by atoms with van der Waals surface area (Å²) in [6, 6.07) is 0. The number of methoxy groups -OCH3 is 1. The van der Waals surface area contributed by atoms with Gasteiger partial charge in [-0.25, -0.2) is 0 Å². The van der Waals surface area contributed by atoms with Gasteiger partial charge in [-0.1, -0.05) is 24.5 Å². The molecule has 3 heteroatoms. The Morgan fingerprint density at radius 1 is 1.19 bits per heavy atom. The molecule has 0 bridgehead atoms. The number of hydrogen-bond donors (Lipinski definition) is 0. The molecule has 3 nitrogen and oxygen atoms in total. The molecule has 4 atom stereocenters. The first-order valence-corrected chi connectivity index (χ1v) is 10.3. The minimum absolute atomic E-state index is 0.0658. The van der Waals surface area contributed by atoms with Gasteiger partial charge in [-0.2, -0.15) is 0 Å². The Balaban J connectivity index is 1.49. The Kier molecular flexibility index (Phi) is 3.74. The lowest BCUT2D eigenvalue weighted by Crippen LogP contribution is -2.49. The summed E-state index contributed by atoms with van der Waals surface area (Å²) < 4.78 is 17.9. The topological polar surface area (TPSA) is 27.7 Å². The maximum absolute atomic E-state index is 5.99. The maximum atomic E-state index is 5.99. The average molecular weight is 354 g/mol. The smallest absolute Gasteiger partial charge is 0.172 e. The summed E-state index contributed by atoms with van der Waals surface area (Å²) in [5.41, 5.74) is 4.53. The summed E-state index contributed by atoms with van der Waals surface area (Å²) in [6.45, 7) is 3.88. The SMILES string of the molecule is C#C[C@]1(OC)CC[C@H]2[C@@H]3CCC4=C(CCC5(C4)OCCO5)C3=CCC21C. The summed E-state index contributed by atoms with van der Waals surface area (Å²) in [4.78, 5) is 0. The zero-order valence-corrected chi connectivity index (χ0v) is 16.1. The average Bonchev–Trinajstić information content (AvgIpc) is 3.23. The predicted molar refractivity (Wildman–Crippen MR) is 100 cm³/mol. The van der Waals surface area contributed by atoms with Crippen LogP contribution in [0.4, 0.5) is 0 Å². The van der Waals surface area contributed by atoms with Crippen molar-refractivity contribution in [3.05, 3.63) is 22.8 Å².